The van der Waals surface area contributed by atoms with E-state index in [-0.39, 0.29) is 12.0 Å². The zero-order valence-electron chi connectivity index (χ0n) is 13.2. The molecule has 0 spiro atoms. The Hall–Kier alpha value is -1.50. The third kappa shape index (κ3) is 4.77. The van der Waals surface area contributed by atoms with Gasteiger partial charge < -0.3 is 15.7 Å². The van der Waals surface area contributed by atoms with Gasteiger partial charge in [-0.3, -0.25) is 0 Å². The minimum absolute atomic E-state index is 0.259. The van der Waals surface area contributed by atoms with Gasteiger partial charge in [0.05, 0.1) is 0 Å². The van der Waals surface area contributed by atoms with E-state index < -0.39 is 12.5 Å². The lowest BCUT2D eigenvalue weighted by Gasteiger charge is -2.21. The maximum atomic E-state index is 12.4. The van der Waals surface area contributed by atoms with Gasteiger partial charge in [0.25, 0.3) is 6.43 Å². The van der Waals surface area contributed by atoms with Crippen LogP contribution in [-0.4, -0.2) is 40.7 Å². The Morgan fingerprint density at radius 2 is 1.67 bits per heavy atom. The molecule has 1 atom stereocenters. The Morgan fingerprint density at radius 1 is 1.14 bits per heavy atom. The van der Waals surface area contributed by atoms with E-state index in [4.69, 9.17) is 0 Å². The molecule has 0 fully saturated rings. The van der Waals surface area contributed by atoms with Gasteiger partial charge in [0.2, 0.25) is 0 Å². The molecule has 120 valence electrons. The van der Waals surface area contributed by atoms with Crippen LogP contribution in [0, 0.1) is 6.92 Å². The number of aliphatic hydroxyl groups excluding tert-OH is 1. The molecule has 1 heterocycles. The van der Waals surface area contributed by atoms with Gasteiger partial charge >= 0.3 is 0 Å². The Labute approximate surface area is 124 Å². The largest absolute Gasteiger partial charge is 0.385 e. The topological polar surface area (TPSA) is 70.1 Å². The van der Waals surface area contributed by atoms with E-state index in [1.165, 1.54) is 0 Å². The molecule has 0 saturated heterocycles. The molecule has 1 aromatic heterocycles. The summed E-state index contributed by atoms with van der Waals surface area (Å²) >= 11 is 0. The number of anilines is 2. The lowest BCUT2D eigenvalue weighted by atomic mass is 9.95. The van der Waals surface area contributed by atoms with E-state index in [0.29, 0.717) is 24.0 Å². The first-order valence-corrected chi connectivity index (χ1v) is 6.99. The highest BCUT2D eigenvalue weighted by atomic mass is 19.3. The van der Waals surface area contributed by atoms with E-state index in [1.54, 1.807) is 0 Å². The predicted molar refractivity (Wildman–Crippen MR) is 80.1 cm³/mol. The third-order valence-corrected chi connectivity index (χ3v) is 2.93. The highest BCUT2D eigenvalue weighted by Gasteiger charge is 2.22. The fraction of sp³-hybridized carbons (Fsp3) is 0.714. The van der Waals surface area contributed by atoms with Crippen molar-refractivity contribution in [2.45, 2.75) is 52.6 Å². The lowest BCUT2D eigenvalue weighted by molar-refractivity contribution is 0.00380. The van der Waals surface area contributed by atoms with Crippen molar-refractivity contribution in [3.05, 3.63) is 11.4 Å². The van der Waals surface area contributed by atoms with Crippen molar-refractivity contribution in [2.24, 2.45) is 0 Å². The number of aliphatic hydroxyl groups is 1. The van der Waals surface area contributed by atoms with Crippen molar-refractivity contribution >= 4 is 11.6 Å². The molecule has 1 aromatic rings. The van der Waals surface area contributed by atoms with Crippen LogP contribution in [0.25, 0.3) is 0 Å². The van der Waals surface area contributed by atoms with E-state index in [2.05, 4.69) is 20.6 Å². The van der Waals surface area contributed by atoms with E-state index >= 15 is 0 Å². The van der Waals surface area contributed by atoms with Crippen molar-refractivity contribution in [2.75, 3.05) is 23.7 Å². The van der Waals surface area contributed by atoms with Gasteiger partial charge in [-0.2, -0.15) is 0 Å². The number of alkyl halides is 2. The molecular weight excluding hydrogens is 278 g/mol. The number of nitrogens with one attached hydrogen (secondary N) is 2. The molecule has 7 heteroatoms. The Kier molecular flexibility index (Phi) is 5.83. The number of halogens is 2. The zero-order chi connectivity index (χ0) is 16.2. The summed E-state index contributed by atoms with van der Waals surface area (Å²) in [5.74, 6) is 1.75. The summed E-state index contributed by atoms with van der Waals surface area (Å²) in [7, 11) is 0. The smallest absolute Gasteiger partial charge is 0.265 e. The van der Waals surface area contributed by atoms with Crippen LogP contribution in [0.1, 0.15) is 39.1 Å². The molecule has 0 aliphatic heterocycles. The van der Waals surface area contributed by atoms with Crippen LogP contribution in [0.4, 0.5) is 20.4 Å². The minimum Gasteiger partial charge on any atom is -0.385 e. The lowest BCUT2D eigenvalue weighted by Crippen LogP contribution is -2.28. The van der Waals surface area contributed by atoms with Gasteiger partial charge in [0.15, 0.2) is 0 Å². The van der Waals surface area contributed by atoms with E-state index in [9.17, 15) is 13.9 Å². The summed E-state index contributed by atoms with van der Waals surface area (Å²) < 4.78 is 24.7. The van der Waals surface area contributed by atoms with E-state index in [1.807, 2.05) is 34.6 Å². The summed E-state index contributed by atoms with van der Waals surface area (Å²) in [6, 6.07) is 0. The molecule has 3 N–H and O–H groups in total. The van der Waals surface area contributed by atoms with Gasteiger partial charge in [-0.25, -0.2) is 18.7 Å². The average Bonchev–Trinajstić information content (AvgIpc) is 2.38. The number of aromatic nitrogens is 2. The summed E-state index contributed by atoms with van der Waals surface area (Å²) in [6.07, 6.45) is -4.50. The van der Waals surface area contributed by atoms with Crippen LogP contribution in [0.5, 0.6) is 0 Å². The van der Waals surface area contributed by atoms with Crippen molar-refractivity contribution in [1.29, 1.82) is 0 Å². The quantitative estimate of drug-likeness (QED) is 0.753. The second kappa shape index (κ2) is 6.98. The Balaban J connectivity index is 3.08. The summed E-state index contributed by atoms with van der Waals surface area (Å²) in [4.78, 5) is 8.88. The first-order valence-electron chi connectivity index (χ1n) is 6.99. The molecule has 21 heavy (non-hydrogen) atoms. The second-order valence-corrected chi connectivity index (χ2v) is 5.93. The first-order chi connectivity index (χ1) is 9.66. The maximum Gasteiger partial charge on any atom is 0.265 e. The van der Waals surface area contributed by atoms with Crippen molar-refractivity contribution in [1.82, 2.24) is 9.97 Å². The molecule has 1 rings (SSSR count). The molecule has 0 aliphatic carbocycles. The normalized spacial score (nSPS) is 13.4. The number of hydrogen-bond donors (Lipinski definition) is 3. The predicted octanol–water partition coefficient (Wildman–Crippen LogP) is 2.55. The average molecular weight is 302 g/mol. The Bertz CT molecular complexity index is 475. The monoisotopic (exact) mass is 302 g/mol. The molecule has 0 radical (unpaired) electrons. The highest BCUT2D eigenvalue weighted by molar-refractivity contribution is 5.57. The van der Waals surface area contributed by atoms with Crippen molar-refractivity contribution in [3.63, 3.8) is 0 Å². The summed E-state index contributed by atoms with van der Waals surface area (Å²) in [6.45, 7) is 10.1. The molecule has 0 saturated carbocycles. The summed E-state index contributed by atoms with van der Waals surface area (Å²) in [5.41, 5.74) is 0.474. The van der Waals surface area contributed by atoms with Gasteiger partial charge in [-0.15, -0.1) is 0 Å². The van der Waals surface area contributed by atoms with Gasteiger partial charge in [-0.05, 0) is 13.8 Å². The van der Waals surface area contributed by atoms with E-state index in [0.717, 1.165) is 5.56 Å². The van der Waals surface area contributed by atoms with Crippen LogP contribution in [-0.2, 0) is 5.41 Å². The molecule has 5 nitrogen and oxygen atoms in total. The van der Waals surface area contributed by atoms with Gasteiger partial charge in [-0.1, -0.05) is 20.8 Å². The van der Waals surface area contributed by atoms with Gasteiger partial charge in [0.1, 0.15) is 23.6 Å². The van der Waals surface area contributed by atoms with Crippen LogP contribution < -0.4 is 10.6 Å². The molecule has 1 unspecified atom stereocenters. The summed E-state index contributed by atoms with van der Waals surface area (Å²) in [5, 5.41) is 15.1. The number of rotatable bonds is 6. The molecule has 0 aromatic carbocycles. The van der Waals surface area contributed by atoms with Crippen LogP contribution in [0.3, 0.4) is 0 Å². The fourth-order valence-corrected chi connectivity index (χ4v) is 1.65. The zero-order valence-corrected chi connectivity index (χ0v) is 13.2. The fourth-order valence-electron chi connectivity index (χ4n) is 1.65. The Morgan fingerprint density at radius 3 is 2.10 bits per heavy atom. The van der Waals surface area contributed by atoms with Crippen LogP contribution >= 0.6 is 0 Å². The molecular formula is C14H24F2N4O. The molecule has 0 bridgehead atoms. The molecule has 0 amide bonds. The van der Waals surface area contributed by atoms with Crippen molar-refractivity contribution < 1.29 is 13.9 Å². The highest BCUT2D eigenvalue weighted by Crippen LogP contribution is 2.26. The number of nitrogens with zero attached hydrogens (tertiary/aromatic N) is 2. The standard InChI is InChI=1S/C14H24F2N4O/c1-6-17-11-8(2)12(18-7-9(21)10(15)16)20-13(19-11)14(3,4)5/h9-10,21H,6-7H2,1-5H3,(H2,17,18,19,20). The van der Waals surface area contributed by atoms with Gasteiger partial charge in [0, 0.05) is 24.1 Å². The third-order valence-electron chi connectivity index (χ3n) is 2.93. The van der Waals surface area contributed by atoms with Crippen LogP contribution in [0.2, 0.25) is 0 Å². The van der Waals surface area contributed by atoms with Crippen LogP contribution in [0.15, 0.2) is 0 Å². The first kappa shape index (κ1) is 17.6. The molecule has 0 aliphatic rings. The second-order valence-electron chi connectivity index (χ2n) is 5.93. The maximum absolute atomic E-state index is 12.4. The SMILES string of the molecule is CCNc1nc(C(C)(C)C)nc(NCC(O)C(F)F)c1C. The number of hydrogen-bond acceptors (Lipinski definition) is 5. The minimum atomic E-state index is -2.78. The van der Waals surface area contributed by atoms with Crippen molar-refractivity contribution in [3.8, 4) is 0 Å².